The van der Waals surface area contributed by atoms with Gasteiger partial charge in [-0.2, -0.15) is 0 Å². The topological polar surface area (TPSA) is 78.8 Å². The second-order valence-electron chi connectivity index (χ2n) is 8.45. The molecule has 5 heteroatoms. The summed E-state index contributed by atoms with van der Waals surface area (Å²) in [6, 6.07) is 23.1. The maximum Gasteiger partial charge on any atom is 0.167 e. The van der Waals surface area contributed by atoms with Crippen LogP contribution in [0.15, 0.2) is 72.8 Å². The highest BCUT2D eigenvalue weighted by Gasteiger charge is 2.19. The van der Waals surface area contributed by atoms with Crippen LogP contribution >= 0.6 is 0 Å². The van der Waals surface area contributed by atoms with Crippen molar-refractivity contribution in [2.45, 2.75) is 66.4 Å². The summed E-state index contributed by atoms with van der Waals surface area (Å²) >= 11 is 0. The first kappa shape index (κ1) is 31.8. The quantitative estimate of drug-likeness (QED) is 0.335. The molecule has 1 saturated heterocycles. The highest BCUT2D eigenvalue weighted by Crippen LogP contribution is 2.29. The first-order valence-electron chi connectivity index (χ1n) is 12.9. The first-order chi connectivity index (χ1) is 18.0. The predicted molar refractivity (Wildman–Crippen MR) is 155 cm³/mol. The van der Waals surface area contributed by atoms with Crippen LogP contribution in [0.4, 0.5) is 0 Å². The van der Waals surface area contributed by atoms with Gasteiger partial charge < -0.3 is 25.1 Å². The number of allylic oxidation sites excluding steroid dienone is 1. The van der Waals surface area contributed by atoms with Crippen LogP contribution in [0.5, 0.6) is 5.75 Å². The molecule has 0 radical (unpaired) electrons. The Morgan fingerprint density at radius 1 is 1.03 bits per heavy atom. The second kappa shape index (κ2) is 18.1. The minimum absolute atomic E-state index is 0.0741. The molecule has 1 heterocycles. The van der Waals surface area contributed by atoms with Gasteiger partial charge in [-0.3, -0.25) is 0 Å². The zero-order valence-electron chi connectivity index (χ0n) is 22.9. The smallest absolute Gasteiger partial charge is 0.167 e. The summed E-state index contributed by atoms with van der Waals surface area (Å²) in [5, 5.41) is 20.0. The number of hydrogen-bond donors (Lipinski definition) is 3. The van der Waals surface area contributed by atoms with Crippen molar-refractivity contribution in [3.8, 4) is 16.9 Å². The normalized spacial score (nSPS) is 14.1. The van der Waals surface area contributed by atoms with Crippen LogP contribution in [-0.4, -0.2) is 35.9 Å². The summed E-state index contributed by atoms with van der Waals surface area (Å²) in [7, 11) is 0. The number of aryl methyl sites for hydroxylation is 2. The Bertz CT molecular complexity index is 1050. The molecule has 0 aliphatic carbocycles. The van der Waals surface area contributed by atoms with Crippen molar-refractivity contribution in [2.24, 2.45) is 0 Å². The van der Waals surface area contributed by atoms with Crippen molar-refractivity contribution in [3.05, 3.63) is 95.1 Å². The molecule has 5 nitrogen and oxygen atoms in total. The van der Waals surface area contributed by atoms with E-state index in [1.807, 2.05) is 32.8 Å². The number of benzene rings is 3. The third-order valence-corrected chi connectivity index (χ3v) is 5.77. The van der Waals surface area contributed by atoms with E-state index in [1.54, 1.807) is 0 Å². The first-order valence-corrected chi connectivity index (χ1v) is 12.9. The number of carbonyl (C=O) groups is 1. The largest absolute Gasteiger partial charge is 0.489 e. The number of aliphatic hydroxyl groups excluding tert-OH is 1. The third-order valence-electron chi connectivity index (χ3n) is 5.77. The minimum atomic E-state index is -1.17. The van der Waals surface area contributed by atoms with Crippen molar-refractivity contribution >= 4 is 12.9 Å². The van der Waals surface area contributed by atoms with Crippen LogP contribution in [0.3, 0.4) is 0 Å². The van der Waals surface area contributed by atoms with Crippen LogP contribution in [0.1, 0.15) is 55.9 Å². The Kier molecular flexibility index (Phi) is 15.5. The fourth-order valence-electron chi connectivity index (χ4n) is 3.99. The van der Waals surface area contributed by atoms with Crippen LogP contribution in [0.2, 0.25) is 0 Å². The fourth-order valence-corrected chi connectivity index (χ4v) is 3.99. The number of carbonyl (C=O) groups excluding carboxylic acids is 1. The van der Waals surface area contributed by atoms with E-state index >= 15 is 0 Å². The molecule has 4 rings (SSSR count). The van der Waals surface area contributed by atoms with Crippen LogP contribution in [0, 0.1) is 13.8 Å². The molecular formula is C32H43NO4. The van der Waals surface area contributed by atoms with Crippen LogP contribution < -0.4 is 10.1 Å². The van der Waals surface area contributed by atoms with Gasteiger partial charge in [-0.1, -0.05) is 86.2 Å². The molecule has 1 fully saturated rings. The summed E-state index contributed by atoms with van der Waals surface area (Å²) in [5.74, 6) is 0.894. The van der Waals surface area contributed by atoms with Gasteiger partial charge in [0.15, 0.2) is 6.29 Å². The molecule has 1 aliphatic heterocycles. The van der Waals surface area contributed by atoms with E-state index in [1.165, 1.54) is 33.4 Å². The standard InChI is InChI=1S/C24H24O.C5H11NO2.C2H6.CH2O/c1-4-7-23-19(3)9-6-11-24(23)21-12-14-22(15-13-21)25-17-20-10-5-8-18(2)16-20;7-5(8)4-2-1-3-6-4;2*1-2/h4-16H,17H2,1-3H3;4-8H,1-3H2;1-2H3;1H2/b7-4-;;;. The highest BCUT2D eigenvalue weighted by molar-refractivity contribution is 5.77. The summed E-state index contributed by atoms with van der Waals surface area (Å²) in [5.41, 5.74) is 7.47. The van der Waals surface area contributed by atoms with Crippen LogP contribution in [0.25, 0.3) is 17.2 Å². The van der Waals surface area contributed by atoms with E-state index in [9.17, 15) is 0 Å². The molecule has 0 amide bonds. The Hall–Kier alpha value is -3.25. The maximum absolute atomic E-state index is 8.55. The Morgan fingerprint density at radius 3 is 2.24 bits per heavy atom. The van der Waals surface area contributed by atoms with Gasteiger partial charge in [-0.05, 0) is 80.1 Å². The van der Waals surface area contributed by atoms with E-state index in [4.69, 9.17) is 19.7 Å². The maximum atomic E-state index is 8.55. The molecule has 0 bridgehead atoms. The van der Waals surface area contributed by atoms with E-state index in [-0.39, 0.29) is 6.04 Å². The van der Waals surface area contributed by atoms with E-state index in [0.29, 0.717) is 6.61 Å². The fraction of sp³-hybridized carbons (Fsp3) is 0.344. The monoisotopic (exact) mass is 505 g/mol. The molecule has 0 spiro atoms. The van der Waals surface area contributed by atoms with Crippen molar-refractivity contribution < 1.29 is 19.7 Å². The van der Waals surface area contributed by atoms with E-state index in [0.717, 1.165) is 25.1 Å². The van der Waals surface area contributed by atoms with Crippen molar-refractivity contribution in [1.29, 1.82) is 0 Å². The summed E-state index contributed by atoms with van der Waals surface area (Å²) in [6.07, 6.45) is 5.04. The molecule has 200 valence electrons. The second-order valence-corrected chi connectivity index (χ2v) is 8.45. The number of nitrogens with one attached hydrogen (secondary N) is 1. The molecule has 0 saturated carbocycles. The lowest BCUT2D eigenvalue weighted by molar-refractivity contribution is -0.0980. The molecule has 0 aromatic heterocycles. The number of aliphatic hydroxyl groups is 2. The Morgan fingerprint density at radius 2 is 1.70 bits per heavy atom. The van der Waals surface area contributed by atoms with Crippen molar-refractivity contribution in [1.82, 2.24) is 5.32 Å². The van der Waals surface area contributed by atoms with Gasteiger partial charge in [-0.25, -0.2) is 0 Å². The molecule has 1 aliphatic rings. The van der Waals surface area contributed by atoms with Gasteiger partial charge in [0.25, 0.3) is 0 Å². The third kappa shape index (κ3) is 10.7. The molecule has 3 aromatic rings. The summed E-state index contributed by atoms with van der Waals surface area (Å²) < 4.78 is 5.93. The lowest BCUT2D eigenvalue weighted by Gasteiger charge is -2.11. The van der Waals surface area contributed by atoms with Crippen molar-refractivity contribution in [2.75, 3.05) is 6.54 Å². The SMILES string of the molecule is C/C=C\c1c(C)cccc1-c1ccc(OCc2cccc(C)c2)cc1.C=O.CC.OC(O)C1CCCN1. The molecule has 3 N–H and O–H groups in total. The average molecular weight is 506 g/mol. The summed E-state index contributed by atoms with van der Waals surface area (Å²) in [6.45, 7) is 13.8. The van der Waals surface area contributed by atoms with Gasteiger partial charge in [-0.15, -0.1) is 0 Å². The molecule has 1 unspecified atom stereocenters. The van der Waals surface area contributed by atoms with Gasteiger partial charge in [0.05, 0.1) is 6.04 Å². The zero-order chi connectivity index (χ0) is 27.6. The van der Waals surface area contributed by atoms with Gasteiger partial charge in [0, 0.05) is 0 Å². The van der Waals surface area contributed by atoms with E-state index in [2.05, 4.69) is 92.8 Å². The van der Waals surface area contributed by atoms with Crippen molar-refractivity contribution in [3.63, 3.8) is 0 Å². The van der Waals surface area contributed by atoms with Gasteiger partial charge in [0.2, 0.25) is 0 Å². The van der Waals surface area contributed by atoms with Gasteiger partial charge in [0.1, 0.15) is 19.1 Å². The summed E-state index contributed by atoms with van der Waals surface area (Å²) in [4.78, 5) is 8.00. The number of ether oxygens (including phenoxy) is 1. The molecule has 37 heavy (non-hydrogen) atoms. The van der Waals surface area contributed by atoms with Gasteiger partial charge >= 0.3 is 0 Å². The van der Waals surface area contributed by atoms with Crippen LogP contribution in [-0.2, 0) is 11.4 Å². The Labute approximate surface area is 222 Å². The lowest BCUT2D eigenvalue weighted by Crippen LogP contribution is -2.34. The molecule has 1 atom stereocenters. The lowest BCUT2D eigenvalue weighted by atomic mass is 9.95. The Balaban J connectivity index is 0.000000478. The average Bonchev–Trinajstić information content (AvgIpc) is 3.48. The highest BCUT2D eigenvalue weighted by atomic mass is 16.5. The predicted octanol–water partition coefficient (Wildman–Crippen LogP) is 6.47. The number of hydrogen-bond acceptors (Lipinski definition) is 5. The molecular weight excluding hydrogens is 462 g/mol. The molecule has 3 aromatic carbocycles. The van der Waals surface area contributed by atoms with E-state index < -0.39 is 6.29 Å². The minimum Gasteiger partial charge on any atom is -0.489 e. The zero-order valence-corrected chi connectivity index (χ0v) is 22.9. The number of rotatable bonds is 6.